The fraction of sp³-hybridized carbons (Fsp3) is 0.158. The normalized spacial score (nSPS) is 11.2. The third kappa shape index (κ3) is 3.67. The van der Waals surface area contributed by atoms with Gasteiger partial charge in [-0.15, -0.1) is 0 Å². The van der Waals surface area contributed by atoms with Gasteiger partial charge in [0.05, 0.1) is 11.6 Å². The van der Waals surface area contributed by atoms with Gasteiger partial charge in [-0.05, 0) is 26.0 Å². The van der Waals surface area contributed by atoms with E-state index in [-0.39, 0.29) is 31.5 Å². The maximum atomic E-state index is 11.4. The zero-order valence-corrected chi connectivity index (χ0v) is 16.6. The van der Waals surface area contributed by atoms with Crippen molar-refractivity contribution in [3.05, 3.63) is 93.0 Å². The Morgan fingerprint density at radius 1 is 0.821 bits per heavy atom. The van der Waals surface area contributed by atoms with Gasteiger partial charge in [0.2, 0.25) is 0 Å². The minimum atomic E-state index is -0.521. The van der Waals surface area contributed by atoms with Crippen LogP contribution in [0.3, 0.4) is 0 Å². The van der Waals surface area contributed by atoms with Crippen molar-refractivity contribution in [3.63, 3.8) is 0 Å². The molecule has 0 fully saturated rings. The minimum absolute atomic E-state index is 0. The van der Waals surface area contributed by atoms with Crippen molar-refractivity contribution in [3.8, 4) is 11.6 Å². The molecule has 0 aliphatic carbocycles. The number of aromatic nitrogens is 6. The van der Waals surface area contributed by atoms with Crippen LogP contribution in [0.15, 0.2) is 58.1 Å². The molecule has 0 aliphatic rings. The van der Waals surface area contributed by atoms with Gasteiger partial charge in [0.1, 0.15) is 0 Å². The third-order valence-corrected chi connectivity index (χ3v) is 4.30. The number of nitrogens with one attached hydrogen (secondary N) is 2. The third-order valence-electron chi connectivity index (χ3n) is 4.30. The molecule has 0 bridgehead atoms. The van der Waals surface area contributed by atoms with Crippen LogP contribution in [0, 0.1) is 12.4 Å². The van der Waals surface area contributed by atoms with Crippen LogP contribution in [0.1, 0.15) is 25.2 Å². The maximum Gasteiger partial charge on any atom is 2.00 e. The Hall–Kier alpha value is -3.02. The Balaban J connectivity index is 0.00000225. The van der Waals surface area contributed by atoms with Gasteiger partial charge in [-0.25, -0.2) is 0 Å². The molecule has 8 nitrogen and oxygen atoms in total. The smallest absolute Gasteiger partial charge is 0.363 e. The van der Waals surface area contributed by atoms with Crippen LogP contribution in [0.5, 0.6) is 0 Å². The molecule has 4 aromatic heterocycles. The monoisotopic (exact) mass is 466 g/mol. The first-order chi connectivity index (χ1) is 12.9. The molecular formula is C19H16N6O2Pd. The fourth-order valence-corrected chi connectivity index (χ4v) is 2.77. The van der Waals surface area contributed by atoms with Gasteiger partial charge in [-0.2, -0.15) is 0 Å². The maximum absolute atomic E-state index is 11.4. The van der Waals surface area contributed by atoms with Crippen LogP contribution >= 0.6 is 0 Å². The van der Waals surface area contributed by atoms with Crippen molar-refractivity contribution >= 4 is 0 Å². The summed E-state index contributed by atoms with van der Waals surface area (Å²) in [6, 6.07) is 13.8. The predicted octanol–water partition coefficient (Wildman–Crippen LogP) is 1.36. The van der Waals surface area contributed by atoms with Crippen molar-refractivity contribution in [2.45, 2.75) is 19.3 Å². The molecule has 4 rings (SSSR count). The van der Waals surface area contributed by atoms with Gasteiger partial charge in [-0.3, -0.25) is 9.97 Å². The summed E-state index contributed by atoms with van der Waals surface area (Å²) >= 11 is 0. The van der Waals surface area contributed by atoms with Crippen molar-refractivity contribution < 1.29 is 20.4 Å². The summed E-state index contributed by atoms with van der Waals surface area (Å²) in [5, 5.41) is 5.26. The molecule has 0 saturated heterocycles. The average Bonchev–Trinajstić information content (AvgIpc) is 3.30. The first-order valence-corrected chi connectivity index (χ1v) is 8.29. The topological polar surface area (TPSA) is 101 Å². The molecule has 0 unspecified atom stereocenters. The Bertz CT molecular complexity index is 1120. The Morgan fingerprint density at radius 3 is 1.61 bits per heavy atom. The molecule has 28 heavy (non-hydrogen) atoms. The minimum Gasteiger partial charge on any atom is -0.363 e. The van der Waals surface area contributed by atoms with E-state index in [1.165, 1.54) is 21.5 Å². The Morgan fingerprint density at radius 2 is 1.25 bits per heavy atom. The molecule has 0 aliphatic heterocycles. The number of nitrogens with zero attached hydrogens (tertiary/aromatic N) is 4. The van der Waals surface area contributed by atoms with Gasteiger partial charge in [-0.1, -0.05) is 48.8 Å². The van der Waals surface area contributed by atoms with Crippen LogP contribution in [-0.2, 0) is 25.8 Å². The first-order valence-electron chi connectivity index (χ1n) is 8.29. The van der Waals surface area contributed by atoms with Crippen LogP contribution in [0.25, 0.3) is 11.6 Å². The summed E-state index contributed by atoms with van der Waals surface area (Å²) in [6.45, 7) is 4.02. The van der Waals surface area contributed by atoms with Gasteiger partial charge >= 0.3 is 20.4 Å². The van der Waals surface area contributed by atoms with Crippen LogP contribution in [0.2, 0.25) is 0 Å². The van der Waals surface area contributed by atoms with E-state index in [0.29, 0.717) is 11.6 Å². The summed E-state index contributed by atoms with van der Waals surface area (Å²) < 4.78 is 2.90. The van der Waals surface area contributed by atoms with E-state index < -0.39 is 5.41 Å². The number of rotatable bonds is 4. The average molecular weight is 467 g/mol. The zero-order valence-electron chi connectivity index (χ0n) is 15.0. The van der Waals surface area contributed by atoms with Gasteiger partial charge < -0.3 is 29.2 Å². The molecule has 2 N–H and O–H groups in total. The van der Waals surface area contributed by atoms with Crippen molar-refractivity contribution in [2.24, 2.45) is 0 Å². The summed E-state index contributed by atoms with van der Waals surface area (Å²) in [7, 11) is 0. The second-order valence-corrected chi connectivity index (χ2v) is 6.56. The zero-order chi connectivity index (χ0) is 19.0. The Labute approximate surface area is 173 Å². The summed E-state index contributed by atoms with van der Waals surface area (Å²) in [5.41, 5.74) is 0.545. The molecule has 9 heteroatoms. The fourth-order valence-electron chi connectivity index (χ4n) is 2.77. The standard InChI is InChI=1S/C19H16N6O2.Pd/c1-19(2,13-5-3-7-15(20-13)24-11-9-17(26)22-24)14-6-4-8-16(21-14)25-12-10-18(27)23-25;/h3-10H,1-2H3,(H,22,26)(H,23,27);/q-2;+2. The SMILES string of the molecule is CC(C)(c1cccc(-n2[c-]cc(=O)[nH]2)n1)c1cccc(-n2[c-]cc(=O)[nH]2)n1.[Pd+2]. The van der Waals surface area contributed by atoms with E-state index >= 15 is 0 Å². The first kappa shape index (κ1) is 19.7. The molecule has 0 radical (unpaired) electrons. The summed E-state index contributed by atoms with van der Waals surface area (Å²) in [5.74, 6) is 1.11. The van der Waals surface area contributed by atoms with E-state index in [2.05, 4.69) is 32.6 Å². The second-order valence-electron chi connectivity index (χ2n) is 6.56. The number of hydrogen-bond acceptors (Lipinski definition) is 4. The second kappa shape index (κ2) is 7.54. The molecule has 4 heterocycles. The molecule has 0 amide bonds. The van der Waals surface area contributed by atoms with Crippen molar-refractivity contribution in [1.29, 1.82) is 0 Å². The molecular weight excluding hydrogens is 451 g/mol. The van der Waals surface area contributed by atoms with Gasteiger partial charge in [0.25, 0.3) is 0 Å². The predicted molar refractivity (Wildman–Crippen MR) is 98.2 cm³/mol. The number of hydrogen-bond donors (Lipinski definition) is 2. The molecule has 0 saturated carbocycles. The van der Waals surface area contributed by atoms with E-state index in [9.17, 15) is 9.59 Å². The van der Waals surface area contributed by atoms with Crippen LogP contribution in [0.4, 0.5) is 0 Å². The van der Waals surface area contributed by atoms with E-state index in [1.54, 1.807) is 12.1 Å². The van der Waals surface area contributed by atoms with Crippen LogP contribution in [-0.4, -0.2) is 29.5 Å². The summed E-state index contributed by atoms with van der Waals surface area (Å²) in [4.78, 5) is 32.1. The molecule has 0 spiro atoms. The molecule has 144 valence electrons. The number of pyridine rings is 2. The van der Waals surface area contributed by atoms with E-state index in [0.717, 1.165) is 11.4 Å². The largest absolute Gasteiger partial charge is 2.00 e. The number of aromatic amines is 2. The molecule has 0 atom stereocenters. The quantitative estimate of drug-likeness (QED) is 0.350. The van der Waals surface area contributed by atoms with E-state index in [1.807, 2.05) is 38.1 Å². The van der Waals surface area contributed by atoms with Gasteiger partial charge in [0.15, 0.2) is 11.1 Å². The summed E-state index contributed by atoms with van der Waals surface area (Å²) in [6.07, 6.45) is 5.60. The van der Waals surface area contributed by atoms with E-state index in [4.69, 9.17) is 0 Å². The van der Waals surface area contributed by atoms with Crippen molar-refractivity contribution in [2.75, 3.05) is 0 Å². The van der Waals surface area contributed by atoms with Crippen LogP contribution < -0.4 is 11.1 Å². The molecule has 0 aromatic carbocycles. The number of H-pyrrole nitrogens is 2. The molecule has 4 aromatic rings. The van der Waals surface area contributed by atoms with Crippen molar-refractivity contribution in [1.82, 2.24) is 29.5 Å². The van der Waals surface area contributed by atoms with Gasteiger partial charge in [0, 0.05) is 16.8 Å². The Kier molecular flexibility index (Phi) is 5.32.